The van der Waals surface area contributed by atoms with E-state index >= 15 is 0 Å². The van der Waals surface area contributed by atoms with E-state index in [1.54, 1.807) is 0 Å². The van der Waals surface area contributed by atoms with Crippen LogP contribution in [0.1, 0.15) is 12.2 Å². The molecule has 1 aromatic heterocycles. The molecule has 1 aliphatic rings. The van der Waals surface area contributed by atoms with Gasteiger partial charge in [-0.15, -0.1) is 0 Å². The van der Waals surface area contributed by atoms with Crippen molar-refractivity contribution in [3.8, 4) is 0 Å². The summed E-state index contributed by atoms with van der Waals surface area (Å²) in [7, 11) is 4.24. The average Bonchev–Trinajstić information content (AvgIpc) is 2.62. The molecule has 4 nitrogen and oxygen atoms in total. The van der Waals surface area contributed by atoms with Gasteiger partial charge in [0.05, 0.1) is 0 Å². The zero-order valence-corrected chi connectivity index (χ0v) is 11.4. The molecule has 1 atom stereocenters. The molecular formula is C12H19ClN4. The Morgan fingerprint density at radius 3 is 2.88 bits per heavy atom. The lowest BCUT2D eigenvalue weighted by atomic mass is 10.1. The molecule has 1 saturated heterocycles. The normalized spacial score (nSPS) is 20.8. The van der Waals surface area contributed by atoms with Crippen molar-refractivity contribution in [3.05, 3.63) is 17.0 Å². The third kappa shape index (κ3) is 3.30. The topological polar surface area (TPSA) is 32.3 Å². The van der Waals surface area contributed by atoms with Crippen LogP contribution in [0.3, 0.4) is 0 Å². The Labute approximate surface area is 108 Å². The summed E-state index contributed by atoms with van der Waals surface area (Å²) in [4.78, 5) is 13.0. The highest BCUT2D eigenvalue weighted by Crippen LogP contribution is 2.20. The first-order valence-electron chi connectivity index (χ1n) is 5.95. The first kappa shape index (κ1) is 12.6. The summed E-state index contributed by atoms with van der Waals surface area (Å²) >= 11 is 5.95. The van der Waals surface area contributed by atoms with Gasteiger partial charge >= 0.3 is 0 Å². The molecule has 1 fully saturated rings. The molecule has 5 heteroatoms. The molecule has 2 heterocycles. The highest BCUT2D eigenvalue weighted by atomic mass is 35.5. The van der Waals surface area contributed by atoms with Gasteiger partial charge in [0.1, 0.15) is 16.8 Å². The highest BCUT2D eigenvalue weighted by Gasteiger charge is 2.21. The van der Waals surface area contributed by atoms with Crippen LogP contribution in [-0.2, 0) is 0 Å². The zero-order valence-electron chi connectivity index (χ0n) is 10.6. The van der Waals surface area contributed by atoms with Gasteiger partial charge in [-0.3, -0.25) is 0 Å². The van der Waals surface area contributed by atoms with E-state index in [1.807, 2.05) is 13.0 Å². The van der Waals surface area contributed by atoms with Crippen LogP contribution in [0.4, 0.5) is 5.82 Å². The van der Waals surface area contributed by atoms with Crippen LogP contribution in [0.25, 0.3) is 0 Å². The summed E-state index contributed by atoms with van der Waals surface area (Å²) < 4.78 is 0. The maximum Gasteiger partial charge on any atom is 0.134 e. The fraction of sp³-hybridized carbons (Fsp3) is 0.667. The Morgan fingerprint density at radius 1 is 1.53 bits per heavy atom. The molecule has 2 rings (SSSR count). The Morgan fingerprint density at radius 2 is 2.29 bits per heavy atom. The van der Waals surface area contributed by atoms with Gasteiger partial charge in [-0.1, -0.05) is 11.6 Å². The zero-order chi connectivity index (χ0) is 12.4. The van der Waals surface area contributed by atoms with E-state index in [9.17, 15) is 0 Å². The summed E-state index contributed by atoms with van der Waals surface area (Å²) in [6.07, 6.45) is 1.26. The number of halogens is 1. The maximum absolute atomic E-state index is 5.95. The van der Waals surface area contributed by atoms with Crippen molar-refractivity contribution in [1.82, 2.24) is 14.9 Å². The lowest BCUT2D eigenvalue weighted by Crippen LogP contribution is -2.28. The quantitative estimate of drug-likeness (QED) is 0.771. The van der Waals surface area contributed by atoms with E-state index in [2.05, 4.69) is 33.9 Å². The Hall–Kier alpha value is -0.870. The summed E-state index contributed by atoms with van der Waals surface area (Å²) in [6.45, 7) is 5.26. The number of hydrogen-bond acceptors (Lipinski definition) is 4. The van der Waals surface area contributed by atoms with Gasteiger partial charge in [0.15, 0.2) is 0 Å². The Balaban J connectivity index is 2.01. The third-order valence-corrected chi connectivity index (χ3v) is 3.40. The molecule has 0 bridgehead atoms. The third-order valence-electron chi connectivity index (χ3n) is 3.21. The monoisotopic (exact) mass is 254 g/mol. The largest absolute Gasteiger partial charge is 0.359 e. The van der Waals surface area contributed by atoms with Gasteiger partial charge < -0.3 is 9.80 Å². The van der Waals surface area contributed by atoms with Crippen LogP contribution in [0, 0.1) is 12.8 Å². The minimum absolute atomic E-state index is 0.517. The summed E-state index contributed by atoms with van der Waals surface area (Å²) in [5.41, 5.74) is 0. The molecule has 94 valence electrons. The van der Waals surface area contributed by atoms with Crippen LogP contribution >= 0.6 is 11.6 Å². The molecule has 0 saturated carbocycles. The first-order chi connectivity index (χ1) is 8.04. The number of aryl methyl sites for hydroxylation is 1. The van der Waals surface area contributed by atoms with Crippen LogP contribution in [-0.4, -0.2) is 48.6 Å². The molecule has 1 aliphatic heterocycles. The Bertz CT molecular complexity index is 376. The van der Waals surface area contributed by atoms with Crippen LogP contribution in [0.5, 0.6) is 0 Å². The van der Waals surface area contributed by atoms with Crippen molar-refractivity contribution in [2.45, 2.75) is 13.3 Å². The van der Waals surface area contributed by atoms with Crippen molar-refractivity contribution in [3.63, 3.8) is 0 Å². The summed E-state index contributed by atoms with van der Waals surface area (Å²) in [5, 5.41) is 0.517. The fourth-order valence-corrected chi connectivity index (χ4v) is 2.59. The van der Waals surface area contributed by atoms with Gasteiger partial charge in [0.2, 0.25) is 0 Å². The second-order valence-corrected chi connectivity index (χ2v) is 5.28. The van der Waals surface area contributed by atoms with E-state index in [-0.39, 0.29) is 0 Å². The molecule has 17 heavy (non-hydrogen) atoms. The van der Waals surface area contributed by atoms with Gasteiger partial charge in [-0.05, 0) is 32.9 Å². The smallest absolute Gasteiger partial charge is 0.134 e. The average molecular weight is 255 g/mol. The van der Waals surface area contributed by atoms with Crippen molar-refractivity contribution < 1.29 is 0 Å². The predicted molar refractivity (Wildman–Crippen MR) is 70.7 cm³/mol. The van der Waals surface area contributed by atoms with E-state index in [4.69, 9.17) is 11.6 Å². The molecule has 0 aliphatic carbocycles. The molecular weight excluding hydrogens is 236 g/mol. The van der Waals surface area contributed by atoms with Gasteiger partial charge in [-0.25, -0.2) is 9.97 Å². The molecule has 1 aromatic rings. The predicted octanol–water partition coefficient (Wildman–Crippen LogP) is 1.83. The van der Waals surface area contributed by atoms with E-state index in [0.717, 1.165) is 24.1 Å². The summed E-state index contributed by atoms with van der Waals surface area (Å²) in [5.74, 6) is 2.36. The fourth-order valence-electron chi connectivity index (χ4n) is 2.37. The standard InChI is InChI=1S/C12H19ClN4/c1-9-14-11(13)6-12(15-9)17(3)8-10-4-5-16(2)7-10/h6,10H,4-5,7-8H2,1-3H3. The number of hydrogen-bond donors (Lipinski definition) is 0. The lowest BCUT2D eigenvalue weighted by molar-refractivity contribution is 0.395. The van der Waals surface area contributed by atoms with E-state index in [0.29, 0.717) is 5.15 Å². The van der Waals surface area contributed by atoms with Crippen LogP contribution < -0.4 is 4.90 Å². The number of rotatable bonds is 3. The second-order valence-electron chi connectivity index (χ2n) is 4.89. The number of nitrogens with zero attached hydrogens (tertiary/aromatic N) is 4. The van der Waals surface area contributed by atoms with Crippen molar-refractivity contribution >= 4 is 17.4 Å². The molecule has 0 aromatic carbocycles. The molecule has 0 N–H and O–H groups in total. The summed E-state index contributed by atoms with van der Waals surface area (Å²) in [6, 6.07) is 1.83. The number of likely N-dealkylation sites (tertiary alicyclic amines) is 1. The van der Waals surface area contributed by atoms with Crippen molar-refractivity contribution in [2.24, 2.45) is 5.92 Å². The van der Waals surface area contributed by atoms with Crippen molar-refractivity contribution in [1.29, 1.82) is 0 Å². The first-order valence-corrected chi connectivity index (χ1v) is 6.33. The van der Waals surface area contributed by atoms with E-state index < -0.39 is 0 Å². The van der Waals surface area contributed by atoms with Crippen molar-refractivity contribution in [2.75, 3.05) is 38.6 Å². The van der Waals surface area contributed by atoms with Crippen LogP contribution in [0.15, 0.2) is 6.07 Å². The van der Waals surface area contributed by atoms with Gasteiger partial charge in [0, 0.05) is 26.2 Å². The van der Waals surface area contributed by atoms with Gasteiger partial charge in [0.25, 0.3) is 0 Å². The van der Waals surface area contributed by atoms with Crippen LogP contribution in [0.2, 0.25) is 5.15 Å². The maximum atomic E-state index is 5.95. The molecule has 0 radical (unpaired) electrons. The van der Waals surface area contributed by atoms with E-state index in [1.165, 1.54) is 19.5 Å². The molecule has 0 amide bonds. The number of aromatic nitrogens is 2. The molecule has 0 spiro atoms. The number of anilines is 1. The highest BCUT2D eigenvalue weighted by molar-refractivity contribution is 6.29. The minimum atomic E-state index is 0.517. The van der Waals surface area contributed by atoms with Gasteiger partial charge in [-0.2, -0.15) is 0 Å². The molecule has 1 unspecified atom stereocenters. The second kappa shape index (κ2) is 5.19. The minimum Gasteiger partial charge on any atom is -0.359 e. The lowest BCUT2D eigenvalue weighted by Gasteiger charge is -2.22. The SMILES string of the molecule is Cc1nc(Cl)cc(N(C)CC2CCN(C)C2)n1. The Kier molecular flexibility index (Phi) is 3.84.